The fraction of sp³-hybridized carbons (Fsp3) is 0.733. The summed E-state index contributed by atoms with van der Waals surface area (Å²) in [4.78, 5) is 48.9. The van der Waals surface area contributed by atoms with Crippen LogP contribution in [-0.2, 0) is 19.2 Å². The van der Waals surface area contributed by atoms with Gasteiger partial charge in [-0.05, 0) is 5.41 Å². The van der Waals surface area contributed by atoms with Gasteiger partial charge >= 0.3 is 5.97 Å². The molecule has 1 aliphatic rings. The summed E-state index contributed by atoms with van der Waals surface area (Å²) in [5, 5.41) is 11.3. The summed E-state index contributed by atoms with van der Waals surface area (Å²) in [6.07, 6.45) is -0.748. The Hall–Kier alpha value is -2.12. The lowest BCUT2D eigenvalue weighted by Crippen LogP contribution is -2.51. The first-order valence-electron chi connectivity index (χ1n) is 7.62. The molecule has 1 aliphatic heterocycles. The lowest BCUT2D eigenvalue weighted by atomic mass is 9.97. The van der Waals surface area contributed by atoms with E-state index >= 15 is 0 Å². The highest BCUT2D eigenvalue weighted by Crippen LogP contribution is 2.10. The molecule has 3 amide bonds. The van der Waals surface area contributed by atoms with Crippen LogP contribution in [0, 0.1) is 5.41 Å². The van der Waals surface area contributed by atoms with Crippen molar-refractivity contribution in [2.45, 2.75) is 33.6 Å². The molecule has 0 saturated carbocycles. The molecular formula is C15H25N3O5. The largest absolute Gasteiger partial charge is 0.481 e. The maximum absolute atomic E-state index is 12.1. The van der Waals surface area contributed by atoms with Crippen LogP contribution in [0.5, 0.6) is 0 Å². The molecule has 0 bridgehead atoms. The van der Waals surface area contributed by atoms with Gasteiger partial charge in [0.25, 0.3) is 0 Å². The van der Waals surface area contributed by atoms with Gasteiger partial charge in [0.1, 0.15) is 12.8 Å². The normalized spacial score (nSPS) is 15.3. The van der Waals surface area contributed by atoms with Crippen LogP contribution in [0.25, 0.3) is 0 Å². The molecule has 0 atom stereocenters. The Morgan fingerprint density at radius 1 is 0.913 bits per heavy atom. The van der Waals surface area contributed by atoms with Gasteiger partial charge in [0.15, 0.2) is 0 Å². The van der Waals surface area contributed by atoms with Crippen molar-refractivity contribution < 1.29 is 24.3 Å². The van der Waals surface area contributed by atoms with Crippen LogP contribution in [0.4, 0.5) is 0 Å². The van der Waals surface area contributed by atoms with Gasteiger partial charge in [-0.1, -0.05) is 20.8 Å². The van der Waals surface area contributed by atoms with E-state index in [1.165, 1.54) is 9.80 Å². The van der Waals surface area contributed by atoms with Gasteiger partial charge in [0.05, 0.1) is 0 Å². The Morgan fingerprint density at radius 3 is 1.74 bits per heavy atom. The van der Waals surface area contributed by atoms with Crippen molar-refractivity contribution in [3.63, 3.8) is 0 Å². The van der Waals surface area contributed by atoms with Crippen LogP contribution in [0.1, 0.15) is 33.6 Å². The minimum Gasteiger partial charge on any atom is -0.481 e. The smallest absolute Gasteiger partial charge is 0.312 e. The highest BCUT2D eigenvalue weighted by Gasteiger charge is 2.26. The Kier molecular flexibility index (Phi) is 6.53. The van der Waals surface area contributed by atoms with Crippen molar-refractivity contribution in [3.05, 3.63) is 0 Å². The van der Waals surface area contributed by atoms with Crippen molar-refractivity contribution in [1.82, 2.24) is 15.1 Å². The fourth-order valence-corrected chi connectivity index (χ4v) is 2.12. The number of piperazine rings is 1. The zero-order valence-corrected chi connectivity index (χ0v) is 13.9. The molecule has 0 aromatic carbocycles. The van der Waals surface area contributed by atoms with Crippen LogP contribution in [-0.4, -0.2) is 71.3 Å². The van der Waals surface area contributed by atoms with Gasteiger partial charge in [-0.15, -0.1) is 0 Å². The number of aliphatic carboxylic acids is 1. The molecule has 0 spiro atoms. The zero-order chi connectivity index (χ0) is 17.6. The summed E-state index contributed by atoms with van der Waals surface area (Å²) in [6, 6.07) is 0. The van der Waals surface area contributed by atoms with Gasteiger partial charge in [-0.3, -0.25) is 19.2 Å². The minimum absolute atomic E-state index is 0.0468. The molecule has 0 aromatic rings. The molecule has 23 heavy (non-hydrogen) atoms. The van der Waals surface area contributed by atoms with Crippen LogP contribution in [0.3, 0.4) is 0 Å². The predicted octanol–water partition coefficient (Wildman–Crippen LogP) is -0.316. The number of hydrogen-bond donors (Lipinski definition) is 2. The molecule has 1 fully saturated rings. The average Bonchev–Trinajstić information content (AvgIpc) is 2.44. The summed E-state index contributed by atoms with van der Waals surface area (Å²) < 4.78 is 0. The van der Waals surface area contributed by atoms with E-state index < -0.39 is 18.3 Å². The molecule has 1 rings (SSSR count). The number of amides is 3. The SMILES string of the molecule is CC(C)(C)CNC(=O)CC(=O)N1CCN(C(=O)CC(=O)O)CC1. The molecule has 1 saturated heterocycles. The number of carbonyl (C=O) groups is 4. The van der Waals surface area contributed by atoms with Crippen molar-refractivity contribution in [2.75, 3.05) is 32.7 Å². The molecular weight excluding hydrogens is 302 g/mol. The Bertz CT molecular complexity index is 476. The summed E-state index contributed by atoms with van der Waals surface area (Å²) in [5.74, 6) is -2.20. The topological polar surface area (TPSA) is 107 Å². The van der Waals surface area contributed by atoms with Gasteiger partial charge < -0.3 is 20.2 Å². The minimum atomic E-state index is -1.16. The Balaban J connectivity index is 2.36. The third kappa shape index (κ3) is 7.12. The zero-order valence-electron chi connectivity index (χ0n) is 13.9. The highest BCUT2D eigenvalue weighted by atomic mass is 16.4. The van der Waals surface area contributed by atoms with E-state index in [1.807, 2.05) is 20.8 Å². The first-order chi connectivity index (χ1) is 10.6. The molecule has 2 N–H and O–H groups in total. The van der Waals surface area contributed by atoms with Crippen LogP contribution in [0.15, 0.2) is 0 Å². The van der Waals surface area contributed by atoms with E-state index in [9.17, 15) is 19.2 Å². The van der Waals surface area contributed by atoms with Crippen LogP contribution < -0.4 is 5.32 Å². The first kappa shape index (κ1) is 18.9. The van der Waals surface area contributed by atoms with Gasteiger partial charge in [-0.2, -0.15) is 0 Å². The third-order valence-electron chi connectivity index (χ3n) is 3.42. The molecule has 0 aliphatic carbocycles. The Morgan fingerprint density at radius 2 is 1.35 bits per heavy atom. The molecule has 8 heteroatoms. The number of nitrogens with one attached hydrogen (secondary N) is 1. The van der Waals surface area contributed by atoms with E-state index in [0.717, 1.165) is 0 Å². The molecule has 8 nitrogen and oxygen atoms in total. The van der Waals surface area contributed by atoms with Crippen molar-refractivity contribution in [3.8, 4) is 0 Å². The molecule has 0 radical (unpaired) electrons. The predicted molar refractivity (Wildman–Crippen MR) is 82.5 cm³/mol. The van der Waals surface area contributed by atoms with Crippen molar-refractivity contribution in [2.24, 2.45) is 5.41 Å². The second-order valence-corrected chi connectivity index (χ2v) is 6.85. The summed E-state index contributed by atoms with van der Waals surface area (Å²) in [7, 11) is 0. The maximum Gasteiger partial charge on any atom is 0.312 e. The standard InChI is InChI=1S/C15H25N3O5/c1-15(2,3)10-16-11(19)8-12(20)17-4-6-18(7-5-17)13(21)9-14(22)23/h4-10H2,1-3H3,(H,16,19)(H,22,23). The number of rotatable bonds is 5. The highest BCUT2D eigenvalue weighted by molar-refractivity contribution is 5.97. The number of nitrogens with zero attached hydrogens (tertiary/aromatic N) is 2. The van der Waals surface area contributed by atoms with Crippen molar-refractivity contribution in [1.29, 1.82) is 0 Å². The quantitative estimate of drug-likeness (QED) is 0.673. The second-order valence-electron chi connectivity index (χ2n) is 6.85. The third-order valence-corrected chi connectivity index (χ3v) is 3.42. The average molecular weight is 327 g/mol. The van der Waals surface area contributed by atoms with E-state index in [0.29, 0.717) is 32.7 Å². The van der Waals surface area contributed by atoms with E-state index in [-0.39, 0.29) is 23.7 Å². The van der Waals surface area contributed by atoms with Crippen LogP contribution >= 0.6 is 0 Å². The summed E-state index contributed by atoms with van der Waals surface area (Å²) >= 11 is 0. The maximum atomic E-state index is 12.1. The summed E-state index contributed by atoms with van der Waals surface area (Å²) in [5.41, 5.74) is -0.0468. The molecule has 0 aromatic heterocycles. The molecule has 0 unspecified atom stereocenters. The van der Waals surface area contributed by atoms with Gasteiger partial charge in [0, 0.05) is 32.7 Å². The lowest BCUT2D eigenvalue weighted by Gasteiger charge is -2.34. The second kappa shape index (κ2) is 7.94. The van der Waals surface area contributed by atoms with Gasteiger partial charge in [-0.25, -0.2) is 0 Å². The fourth-order valence-electron chi connectivity index (χ4n) is 2.12. The number of carbonyl (C=O) groups excluding carboxylic acids is 3. The van der Waals surface area contributed by atoms with Crippen LogP contribution in [0.2, 0.25) is 0 Å². The monoisotopic (exact) mass is 327 g/mol. The van der Waals surface area contributed by atoms with E-state index in [2.05, 4.69) is 5.32 Å². The van der Waals surface area contributed by atoms with Crippen molar-refractivity contribution >= 4 is 23.7 Å². The van der Waals surface area contributed by atoms with E-state index in [4.69, 9.17) is 5.11 Å². The Labute approximate surface area is 135 Å². The lowest BCUT2D eigenvalue weighted by molar-refractivity contribution is -0.147. The van der Waals surface area contributed by atoms with Gasteiger partial charge in [0.2, 0.25) is 17.7 Å². The number of carboxylic acid groups (broad SMARTS) is 1. The molecule has 130 valence electrons. The number of carboxylic acids is 1. The van der Waals surface area contributed by atoms with E-state index in [1.54, 1.807) is 0 Å². The number of hydrogen-bond acceptors (Lipinski definition) is 4. The summed E-state index contributed by atoms with van der Waals surface area (Å²) in [6.45, 7) is 7.68. The molecule has 1 heterocycles. The first-order valence-corrected chi connectivity index (χ1v) is 7.62.